The van der Waals surface area contributed by atoms with Gasteiger partial charge in [-0.2, -0.15) is 5.26 Å². The lowest BCUT2D eigenvalue weighted by Crippen LogP contribution is -1.92. The summed E-state index contributed by atoms with van der Waals surface area (Å²) < 4.78 is 5.54. The highest BCUT2D eigenvalue weighted by Crippen LogP contribution is 2.37. The fraction of sp³-hybridized carbons (Fsp3) is 0. The standard InChI is InChI=1S/C20H13NO3/c21-13-14-5-7-16(8-6-14)20-17-4-2-1-3-15(17)9-10-18(20)24-12-11-19(22)23/h1-12H,(H,22,23)/b12-11+. The number of hydrogen-bond donors (Lipinski definition) is 1. The van der Waals surface area contributed by atoms with Crippen molar-refractivity contribution in [1.29, 1.82) is 5.26 Å². The summed E-state index contributed by atoms with van der Waals surface area (Å²) in [5.41, 5.74) is 2.32. The van der Waals surface area contributed by atoms with Gasteiger partial charge in [0.25, 0.3) is 0 Å². The van der Waals surface area contributed by atoms with Gasteiger partial charge in [-0.25, -0.2) is 4.79 Å². The molecular weight excluding hydrogens is 302 g/mol. The molecule has 0 saturated carbocycles. The van der Waals surface area contributed by atoms with Crippen LogP contribution in [-0.2, 0) is 4.79 Å². The summed E-state index contributed by atoms with van der Waals surface area (Å²) in [5, 5.41) is 19.7. The fourth-order valence-corrected chi connectivity index (χ4v) is 2.52. The van der Waals surface area contributed by atoms with Crippen LogP contribution < -0.4 is 4.74 Å². The van der Waals surface area contributed by atoms with Gasteiger partial charge in [0.1, 0.15) is 5.75 Å². The first-order chi connectivity index (χ1) is 11.7. The Balaban J connectivity index is 2.16. The van der Waals surface area contributed by atoms with E-state index in [9.17, 15) is 4.79 Å². The Bertz CT molecular complexity index is 966. The molecule has 0 saturated heterocycles. The van der Waals surface area contributed by atoms with Crippen LogP contribution in [0.25, 0.3) is 21.9 Å². The predicted molar refractivity (Wildman–Crippen MR) is 91.5 cm³/mol. The average molecular weight is 315 g/mol. The predicted octanol–water partition coefficient (Wildman–Crippen LogP) is 4.36. The maximum atomic E-state index is 10.6. The molecule has 0 aliphatic rings. The zero-order valence-corrected chi connectivity index (χ0v) is 12.6. The molecule has 3 aromatic carbocycles. The third-order valence-corrected chi connectivity index (χ3v) is 3.60. The number of fused-ring (bicyclic) bond motifs is 1. The zero-order chi connectivity index (χ0) is 16.9. The van der Waals surface area contributed by atoms with E-state index in [2.05, 4.69) is 6.07 Å². The van der Waals surface area contributed by atoms with Crippen LogP contribution in [0.15, 0.2) is 73.0 Å². The summed E-state index contributed by atoms with van der Waals surface area (Å²) in [6, 6.07) is 20.9. The highest BCUT2D eigenvalue weighted by atomic mass is 16.5. The molecule has 0 heterocycles. The van der Waals surface area contributed by atoms with Crippen molar-refractivity contribution in [1.82, 2.24) is 0 Å². The van der Waals surface area contributed by atoms with E-state index in [0.717, 1.165) is 34.2 Å². The van der Waals surface area contributed by atoms with Crippen LogP contribution in [0.2, 0.25) is 0 Å². The van der Waals surface area contributed by atoms with Gasteiger partial charge in [0.05, 0.1) is 24.0 Å². The minimum absolute atomic E-state index is 0.552. The summed E-state index contributed by atoms with van der Waals surface area (Å²) in [7, 11) is 0. The second kappa shape index (κ2) is 6.67. The number of rotatable bonds is 4. The quantitative estimate of drug-likeness (QED) is 0.574. The molecule has 116 valence electrons. The number of ether oxygens (including phenoxy) is 1. The third kappa shape index (κ3) is 3.11. The van der Waals surface area contributed by atoms with Gasteiger partial charge in [-0.1, -0.05) is 42.5 Å². The van der Waals surface area contributed by atoms with Gasteiger partial charge in [0, 0.05) is 5.56 Å². The van der Waals surface area contributed by atoms with Crippen molar-refractivity contribution < 1.29 is 14.6 Å². The zero-order valence-electron chi connectivity index (χ0n) is 12.6. The van der Waals surface area contributed by atoms with E-state index in [1.165, 1.54) is 0 Å². The molecule has 0 radical (unpaired) electrons. The molecule has 0 aliphatic heterocycles. The minimum atomic E-state index is -1.07. The summed E-state index contributed by atoms with van der Waals surface area (Å²) in [4.78, 5) is 10.6. The number of benzene rings is 3. The van der Waals surface area contributed by atoms with Gasteiger partial charge in [-0.3, -0.25) is 0 Å². The van der Waals surface area contributed by atoms with Crippen molar-refractivity contribution in [3.63, 3.8) is 0 Å². The Morgan fingerprint density at radius 3 is 2.50 bits per heavy atom. The van der Waals surface area contributed by atoms with Crippen molar-refractivity contribution in [2.45, 2.75) is 0 Å². The average Bonchev–Trinajstić information content (AvgIpc) is 2.61. The molecule has 24 heavy (non-hydrogen) atoms. The third-order valence-electron chi connectivity index (χ3n) is 3.60. The molecular formula is C20H13NO3. The number of hydrogen-bond acceptors (Lipinski definition) is 3. The van der Waals surface area contributed by atoms with Crippen molar-refractivity contribution in [2.24, 2.45) is 0 Å². The van der Waals surface area contributed by atoms with Gasteiger partial charge in [0.15, 0.2) is 0 Å². The van der Waals surface area contributed by atoms with Crippen molar-refractivity contribution in [3.05, 3.63) is 78.6 Å². The fourth-order valence-electron chi connectivity index (χ4n) is 2.52. The Labute approximate surface area is 138 Å². The second-order valence-electron chi connectivity index (χ2n) is 5.11. The van der Waals surface area contributed by atoms with Crippen LogP contribution in [0.3, 0.4) is 0 Å². The first-order valence-electron chi connectivity index (χ1n) is 7.27. The summed E-state index contributed by atoms with van der Waals surface area (Å²) in [6.45, 7) is 0. The van der Waals surface area contributed by atoms with E-state index in [4.69, 9.17) is 15.1 Å². The molecule has 0 aromatic heterocycles. The Morgan fingerprint density at radius 2 is 1.79 bits per heavy atom. The molecule has 0 fully saturated rings. The van der Waals surface area contributed by atoms with E-state index in [-0.39, 0.29) is 0 Å². The van der Waals surface area contributed by atoms with Gasteiger partial charge < -0.3 is 9.84 Å². The number of carboxylic acid groups (broad SMARTS) is 1. The first kappa shape index (κ1) is 15.3. The maximum Gasteiger partial charge on any atom is 0.331 e. The van der Waals surface area contributed by atoms with Gasteiger partial charge in [-0.15, -0.1) is 0 Å². The monoisotopic (exact) mass is 315 g/mol. The van der Waals surface area contributed by atoms with Gasteiger partial charge in [0.2, 0.25) is 0 Å². The Kier molecular flexibility index (Phi) is 4.26. The highest BCUT2D eigenvalue weighted by Gasteiger charge is 2.11. The van der Waals surface area contributed by atoms with E-state index in [0.29, 0.717) is 11.3 Å². The molecule has 0 spiro atoms. The van der Waals surface area contributed by atoms with Crippen LogP contribution in [-0.4, -0.2) is 11.1 Å². The lowest BCUT2D eigenvalue weighted by atomic mass is 9.96. The molecule has 4 nitrogen and oxygen atoms in total. The Hall–Kier alpha value is -3.58. The lowest BCUT2D eigenvalue weighted by molar-refractivity contribution is -0.131. The van der Waals surface area contributed by atoms with Gasteiger partial charge >= 0.3 is 5.97 Å². The van der Waals surface area contributed by atoms with Crippen LogP contribution >= 0.6 is 0 Å². The summed E-state index contributed by atoms with van der Waals surface area (Å²) in [6.07, 6.45) is 2.09. The lowest BCUT2D eigenvalue weighted by Gasteiger charge is -2.12. The van der Waals surface area contributed by atoms with Crippen molar-refractivity contribution in [3.8, 4) is 22.9 Å². The van der Waals surface area contributed by atoms with E-state index in [1.54, 1.807) is 12.1 Å². The maximum absolute atomic E-state index is 10.6. The molecule has 3 rings (SSSR count). The van der Waals surface area contributed by atoms with Crippen molar-refractivity contribution >= 4 is 16.7 Å². The number of nitriles is 1. The molecule has 0 atom stereocenters. The summed E-state index contributed by atoms with van der Waals surface area (Å²) >= 11 is 0. The van der Waals surface area contributed by atoms with Crippen LogP contribution in [0.4, 0.5) is 0 Å². The molecule has 0 bridgehead atoms. The molecule has 0 aliphatic carbocycles. The molecule has 3 aromatic rings. The van der Waals surface area contributed by atoms with E-state index in [1.807, 2.05) is 48.5 Å². The number of aliphatic carboxylic acids is 1. The highest BCUT2D eigenvalue weighted by molar-refractivity contribution is 5.99. The van der Waals surface area contributed by atoms with Crippen molar-refractivity contribution in [2.75, 3.05) is 0 Å². The minimum Gasteiger partial charge on any atom is -0.478 e. The normalized spacial score (nSPS) is 10.6. The van der Waals surface area contributed by atoms with Gasteiger partial charge in [-0.05, 0) is 34.5 Å². The number of nitrogens with zero attached hydrogens (tertiary/aromatic N) is 1. The topological polar surface area (TPSA) is 70.3 Å². The summed E-state index contributed by atoms with van der Waals surface area (Å²) in [5.74, 6) is -0.522. The van der Waals surface area contributed by atoms with E-state index >= 15 is 0 Å². The SMILES string of the molecule is N#Cc1ccc(-c2c(O/C=C/C(=O)O)ccc3ccccc23)cc1. The van der Waals surface area contributed by atoms with Crippen LogP contribution in [0, 0.1) is 11.3 Å². The van der Waals surface area contributed by atoms with Crippen LogP contribution in [0.5, 0.6) is 5.75 Å². The number of carboxylic acids is 1. The molecule has 1 N–H and O–H groups in total. The largest absolute Gasteiger partial charge is 0.478 e. The first-order valence-corrected chi connectivity index (χ1v) is 7.27. The molecule has 4 heteroatoms. The van der Waals surface area contributed by atoms with E-state index < -0.39 is 5.97 Å². The second-order valence-corrected chi connectivity index (χ2v) is 5.11. The molecule has 0 unspecified atom stereocenters. The Morgan fingerprint density at radius 1 is 1.04 bits per heavy atom. The smallest absolute Gasteiger partial charge is 0.331 e. The number of carbonyl (C=O) groups is 1. The molecule has 0 amide bonds. The van der Waals surface area contributed by atoms with Crippen LogP contribution in [0.1, 0.15) is 5.56 Å².